The monoisotopic (exact) mass is 232 g/mol. The van der Waals surface area contributed by atoms with E-state index in [-0.39, 0.29) is 0 Å². The van der Waals surface area contributed by atoms with Crippen molar-refractivity contribution < 1.29 is 0 Å². The maximum absolute atomic E-state index is 3.64. The van der Waals surface area contributed by atoms with Gasteiger partial charge in [-0.25, -0.2) is 0 Å². The molecule has 1 N–H and O–H groups in total. The molecule has 0 radical (unpaired) electrons. The van der Waals surface area contributed by atoms with Gasteiger partial charge in [-0.15, -0.1) is 0 Å². The molecule has 0 bridgehead atoms. The Labute approximate surface area is 105 Å². The summed E-state index contributed by atoms with van der Waals surface area (Å²) in [7, 11) is 0. The Morgan fingerprint density at radius 2 is 2.12 bits per heavy atom. The van der Waals surface area contributed by atoms with E-state index in [9.17, 15) is 0 Å². The van der Waals surface area contributed by atoms with Gasteiger partial charge in [0, 0.05) is 30.9 Å². The zero-order chi connectivity index (χ0) is 12.3. The quantitative estimate of drug-likeness (QED) is 0.858. The molecule has 0 saturated carbocycles. The molecule has 2 nitrogen and oxygen atoms in total. The minimum atomic E-state index is 0.585. The van der Waals surface area contributed by atoms with Crippen molar-refractivity contribution >= 4 is 5.69 Å². The average Bonchev–Trinajstić information content (AvgIpc) is 2.76. The number of hydrogen-bond acceptors (Lipinski definition) is 2. The number of anilines is 1. The van der Waals surface area contributed by atoms with Crippen LogP contribution in [0.15, 0.2) is 24.3 Å². The first-order chi connectivity index (χ1) is 8.20. The van der Waals surface area contributed by atoms with Gasteiger partial charge < -0.3 is 10.2 Å². The number of nitrogens with zero attached hydrogens (tertiary/aromatic N) is 1. The second kappa shape index (κ2) is 5.54. The summed E-state index contributed by atoms with van der Waals surface area (Å²) in [6, 6.07) is 10.0. The first-order valence-electron chi connectivity index (χ1n) is 6.79. The molecule has 1 unspecified atom stereocenters. The van der Waals surface area contributed by atoms with Crippen molar-refractivity contribution in [2.45, 2.75) is 45.7 Å². The Morgan fingerprint density at radius 1 is 1.35 bits per heavy atom. The van der Waals surface area contributed by atoms with Crippen molar-refractivity contribution in [3.05, 3.63) is 29.8 Å². The van der Waals surface area contributed by atoms with Gasteiger partial charge in [-0.1, -0.05) is 39.0 Å². The maximum atomic E-state index is 3.64. The van der Waals surface area contributed by atoms with Crippen molar-refractivity contribution in [2.75, 3.05) is 18.0 Å². The fraction of sp³-hybridized carbons (Fsp3) is 0.600. The highest BCUT2D eigenvalue weighted by Gasteiger charge is 2.23. The number of aryl methyl sites for hydroxylation is 1. The zero-order valence-corrected chi connectivity index (χ0v) is 11.2. The molecule has 0 aliphatic carbocycles. The lowest BCUT2D eigenvalue weighted by molar-refractivity contribution is 0.492. The minimum absolute atomic E-state index is 0.585. The molecule has 94 valence electrons. The Hall–Kier alpha value is -1.02. The fourth-order valence-electron chi connectivity index (χ4n) is 2.70. The zero-order valence-electron chi connectivity index (χ0n) is 11.2. The molecule has 2 rings (SSSR count). The Morgan fingerprint density at radius 3 is 2.82 bits per heavy atom. The van der Waals surface area contributed by atoms with E-state index < -0.39 is 0 Å². The van der Waals surface area contributed by atoms with Gasteiger partial charge >= 0.3 is 0 Å². The van der Waals surface area contributed by atoms with Gasteiger partial charge in [-0.05, 0) is 24.5 Å². The third-order valence-corrected chi connectivity index (χ3v) is 3.47. The van der Waals surface area contributed by atoms with Gasteiger partial charge in [-0.3, -0.25) is 0 Å². The van der Waals surface area contributed by atoms with Crippen molar-refractivity contribution in [2.24, 2.45) is 0 Å². The molecule has 1 aliphatic rings. The Bertz CT molecular complexity index is 360. The third kappa shape index (κ3) is 3.01. The maximum Gasteiger partial charge on any atom is 0.0399 e. The molecule has 1 heterocycles. The molecule has 2 heteroatoms. The van der Waals surface area contributed by atoms with Crippen molar-refractivity contribution in [3.8, 4) is 0 Å². The molecule has 0 spiro atoms. The van der Waals surface area contributed by atoms with E-state index in [1.54, 1.807) is 0 Å². The smallest absolute Gasteiger partial charge is 0.0399 e. The van der Waals surface area contributed by atoms with E-state index in [2.05, 4.69) is 55.3 Å². The van der Waals surface area contributed by atoms with Crippen LogP contribution in [-0.2, 0) is 6.42 Å². The number of para-hydroxylation sites is 1. The molecule has 1 aromatic rings. The predicted molar refractivity (Wildman–Crippen MR) is 74.7 cm³/mol. The summed E-state index contributed by atoms with van der Waals surface area (Å²) >= 11 is 0. The van der Waals surface area contributed by atoms with E-state index in [0.717, 1.165) is 13.0 Å². The molecular formula is C15H24N2. The van der Waals surface area contributed by atoms with Gasteiger partial charge in [-0.2, -0.15) is 0 Å². The molecule has 0 amide bonds. The largest absolute Gasteiger partial charge is 0.370 e. The second-order valence-corrected chi connectivity index (χ2v) is 5.24. The standard InChI is InChI=1S/C15H24N2/c1-4-13-7-5-6-8-15(13)17-10-9-14(11-17)16-12(2)3/h5-8,12,14,16H,4,9-11H2,1-3H3. The highest BCUT2D eigenvalue weighted by molar-refractivity contribution is 5.54. The Kier molecular flexibility index (Phi) is 4.06. The van der Waals surface area contributed by atoms with Crippen LogP contribution in [0.5, 0.6) is 0 Å². The summed E-state index contributed by atoms with van der Waals surface area (Å²) in [5, 5.41) is 3.64. The van der Waals surface area contributed by atoms with Crippen LogP contribution in [0, 0.1) is 0 Å². The lowest BCUT2D eigenvalue weighted by Crippen LogP contribution is -2.37. The summed E-state index contributed by atoms with van der Waals surface area (Å²) in [5.74, 6) is 0. The third-order valence-electron chi connectivity index (χ3n) is 3.47. The van der Waals surface area contributed by atoms with E-state index >= 15 is 0 Å². The number of rotatable bonds is 4. The van der Waals surface area contributed by atoms with Gasteiger partial charge in [0.2, 0.25) is 0 Å². The lowest BCUT2D eigenvalue weighted by Gasteiger charge is -2.22. The molecule has 1 aromatic carbocycles. The Balaban J connectivity index is 2.04. The highest BCUT2D eigenvalue weighted by atomic mass is 15.2. The van der Waals surface area contributed by atoms with E-state index in [4.69, 9.17) is 0 Å². The summed E-state index contributed by atoms with van der Waals surface area (Å²) < 4.78 is 0. The van der Waals surface area contributed by atoms with Crippen LogP contribution < -0.4 is 10.2 Å². The van der Waals surface area contributed by atoms with Crippen molar-refractivity contribution in [1.29, 1.82) is 0 Å². The van der Waals surface area contributed by atoms with Crippen molar-refractivity contribution in [3.63, 3.8) is 0 Å². The lowest BCUT2D eigenvalue weighted by atomic mass is 10.1. The molecule has 1 aliphatic heterocycles. The molecule has 17 heavy (non-hydrogen) atoms. The predicted octanol–water partition coefficient (Wildman–Crippen LogP) is 2.83. The van der Waals surface area contributed by atoms with Gasteiger partial charge in [0.15, 0.2) is 0 Å². The number of nitrogens with one attached hydrogen (secondary N) is 1. The van der Waals surface area contributed by atoms with E-state index in [1.807, 2.05) is 0 Å². The average molecular weight is 232 g/mol. The summed E-state index contributed by atoms with van der Waals surface area (Å²) in [6.07, 6.45) is 2.38. The number of benzene rings is 1. The van der Waals surface area contributed by atoms with Crippen molar-refractivity contribution in [1.82, 2.24) is 5.32 Å². The molecule has 1 fully saturated rings. The SMILES string of the molecule is CCc1ccccc1N1CCC(NC(C)C)C1. The highest BCUT2D eigenvalue weighted by Crippen LogP contribution is 2.25. The summed E-state index contributed by atoms with van der Waals surface area (Å²) in [6.45, 7) is 9.01. The van der Waals surface area contributed by atoms with Crippen LogP contribution in [0.25, 0.3) is 0 Å². The number of hydrogen-bond donors (Lipinski definition) is 1. The van der Waals surface area contributed by atoms with Crippen LogP contribution in [0.3, 0.4) is 0 Å². The van der Waals surface area contributed by atoms with Gasteiger partial charge in [0.1, 0.15) is 0 Å². The van der Waals surface area contributed by atoms with Crippen LogP contribution in [-0.4, -0.2) is 25.2 Å². The van der Waals surface area contributed by atoms with E-state index in [0.29, 0.717) is 12.1 Å². The fourth-order valence-corrected chi connectivity index (χ4v) is 2.70. The molecule has 1 atom stereocenters. The molecular weight excluding hydrogens is 208 g/mol. The minimum Gasteiger partial charge on any atom is -0.370 e. The van der Waals surface area contributed by atoms with Gasteiger partial charge in [0.25, 0.3) is 0 Å². The first kappa shape index (κ1) is 12.4. The van der Waals surface area contributed by atoms with Crippen LogP contribution in [0.1, 0.15) is 32.8 Å². The molecule has 1 saturated heterocycles. The van der Waals surface area contributed by atoms with E-state index in [1.165, 1.54) is 24.2 Å². The summed E-state index contributed by atoms with van der Waals surface area (Å²) in [4.78, 5) is 2.53. The first-order valence-corrected chi connectivity index (χ1v) is 6.79. The second-order valence-electron chi connectivity index (χ2n) is 5.24. The molecule has 0 aromatic heterocycles. The van der Waals surface area contributed by atoms with Gasteiger partial charge in [0.05, 0.1) is 0 Å². The topological polar surface area (TPSA) is 15.3 Å². The van der Waals surface area contributed by atoms with Crippen LogP contribution in [0.4, 0.5) is 5.69 Å². The van der Waals surface area contributed by atoms with Crippen LogP contribution in [0.2, 0.25) is 0 Å². The summed E-state index contributed by atoms with van der Waals surface area (Å²) in [5.41, 5.74) is 2.90. The van der Waals surface area contributed by atoms with Crippen LogP contribution >= 0.6 is 0 Å². The normalized spacial score (nSPS) is 20.2.